The van der Waals surface area contributed by atoms with Crippen LogP contribution in [0.15, 0.2) is 18.2 Å². The highest BCUT2D eigenvalue weighted by atomic mass is 19.4. The number of hydrogen-bond donors (Lipinski definition) is 1. The molecule has 2 amide bonds. The Kier molecular flexibility index (Phi) is 6.18. The monoisotopic (exact) mass is 428 g/mol. The van der Waals surface area contributed by atoms with Crippen molar-refractivity contribution in [2.24, 2.45) is 17.6 Å². The third-order valence-electron chi connectivity index (χ3n) is 5.82. The molecular weight excluding hydrogens is 405 g/mol. The highest BCUT2D eigenvalue weighted by molar-refractivity contribution is 5.82. The van der Waals surface area contributed by atoms with Gasteiger partial charge in [0.15, 0.2) is 0 Å². The first-order valence-electron chi connectivity index (χ1n) is 9.76. The zero-order valence-electron chi connectivity index (χ0n) is 16.2. The summed E-state index contributed by atoms with van der Waals surface area (Å²) in [4.78, 5) is 38.0. The van der Waals surface area contributed by atoms with E-state index in [4.69, 9.17) is 5.73 Å². The molecule has 2 fully saturated rings. The van der Waals surface area contributed by atoms with Crippen LogP contribution in [-0.4, -0.2) is 47.8 Å². The molecule has 2 heterocycles. The van der Waals surface area contributed by atoms with Crippen molar-refractivity contribution in [2.75, 3.05) is 31.1 Å². The number of nitrogens with two attached hydrogens (primary N) is 1. The van der Waals surface area contributed by atoms with E-state index in [-0.39, 0.29) is 23.4 Å². The lowest BCUT2D eigenvalue weighted by Crippen LogP contribution is -2.48. The van der Waals surface area contributed by atoms with Crippen LogP contribution >= 0.6 is 0 Å². The lowest BCUT2D eigenvalue weighted by atomic mass is 9.91. The number of rotatable bonds is 4. The van der Waals surface area contributed by atoms with Gasteiger partial charge in [-0.1, -0.05) is 0 Å². The number of nitro groups is 1. The lowest BCUT2D eigenvalue weighted by molar-refractivity contribution is -0.384. The van der Waals surface area contributed by atoms with Gasteiger partial charge in [0.25, 0.3) is 5.69 Å². The maximum absolute atomic E-state index is 12.9. The Hall–Kier alpha value is -2.85. The molecule has 2 aliphatic heterocycles. The molecule has 1 aromatic rings. The topological polar surface area (TPSA) is 110 Å². The fraction of sp³-hybridized carbons (Fsp3) is 0.579. The van der Waals surface area contributed by atoms with Crippen molar-refractivity contribution < 1.29 is 27.7 Å². The number of nitrogens with zero attached hydrogens (tertiary/aromatic N) is 3. The molecule has 2 aliphatic rings. The SMILES string of the molecule is NC(=O)[C@H]1CCCN(C(=O)C2CCN(c3ccc(C(F)(F)F)cc3[N+](=O)[O-])CC2)C1. The number of benzene rings is 1. The second kappa shape index (κ2) is 8.49. The maximum atomic E-state index is 12.9. The van der Waals surface area contributed by atoms with Crippen molar-refractivity contribution >= 4 is 23.2 Å². The normalized spacial score (nSPS) is 20.8. The Morgan fingerprint density at radius 3 is 2.33 bits per heavy atom. The Morgan fingerprint density at radius 1 is 1.10 bits per heavy atom. The molecule has 0 unspecified atom stereocenters. The van der Waals surface area contributed by atoms with Gasteiger partial charge in [0.05, 0.1) is 16.4 Å². The molecule has 3 rings (SSSR count). The molecule has 1 atom stereocenters. The Bertz CT molecular complexity index is 838. The largest absolute Gasteiger partial charge is 0.416 e. The van der Waals surface area contributed by atoms with Crippen molar-refractivity contribution in [1.82, 2.24) is 4.90 Å². The second-order valence-corrected chi connectivity index (χ2v) is 7.75. The van der Waals surface area contributed by atoms with E-state index >= 15 is 0 Å². The minimum atomic E-state index is -4.67. The first-order chi connectivity index (χ1) is 14.1. The van der Waals surface area contributed by atoms with Gasteiger partial charge in [0.2, 0.25) is 11.8 Å². The van der Waals surface area contributed by atoms with Gasteiger partial charge in [0.1, 0.15) is 5.69 Å². The van der Waals surface area contributed by atoms with E-state index in [2.05, 4.69) is 0 Å². The van der Waals surface area contributed by atoms with Gasteiger partial charge in [-0.2, -0.15) is 13.2 Å². The number of piperidine rings is 2. The highest BCUT2D eigenvalue weighted by Gasteiger charge is 2.36. The van der Waals surface area contributed by atoms with E-state index in [1.807, 2.05) is 0 Å². The molecule has 11 heteroatoms. The van der Waals surface area contributed by atoms with E-state index in [1.165, 1.54) is 0 Å². The van der Waals surface area contributed by atoms with E-state index in [1.54, 1.807) is 9.80 Å². The predicted octanol–water partition coefficient (Wildman–Crippen LogP) is 2.55. The van der Waals surface area contributed by atoms with Crippen LogP contribution in [0.25, 0.3) is 0 Å². The third-order valence-corrected chi connectivity index (χ3v) is 5.82. The smallest absolute Gasteiger partial charge is 0.369 e. The third kappa shape index (κ3) is 4.65. The van der Waals surface area contributed by atoms with Crippen LogP contribution in [0.1, 0.15) is 31.2 Å². The molecule has 2 saturated heterocycles. The quantitative estimate of drug-likeness (QED) is 0.586. The summed E-state index contributed by atoms with van der Waals surface area (Å²) in [5.41, 5.74) is 3.80. The average Bonchev–Trinajstić information content (AvgIpc) is 2.72. The molecule has 8 nitrogen and oxygen atoms in total. The van der Waals surface area contributed by atoms with Gasteiger partial charge < -0.3 is 15.5 Å². The molecule has 0 bridgehead atoms. The van der Waals surface area contributed by atoms with Gasteiger partial charge in [-0.25, -0.2) is 0 Å². The molecule has 0 radical (unpaired) electrons. The summed E-state index contributed by atoms with van der Waals surface area (Å²) >= 11 is 0. The van der Waals surface area contributed by atoms with E-state index < -0.39 is 28.3 Å². The number of likely N-dealkylation sites (tertiary alicyclic amines) is 1. The molecule has 164 valence electrons. The average molecular weight is 428 g/mol. The van der Waals surface area contributed by atoms with Crippen molar-refractivity contribution in [3.63, 3.8) is 0 Å². The summed E-state index contributed by atoms with van der Waals surface area (Å²) < 4.78 is 38.7. The van der Waals surface area contributed by atoms with Crippen LogP contribution in [0.4, 0.5) is 24.5 Å². The van der Waals surface area contributed by atoms with Crippen molar-refractivity contribution in [1.29, 1.82) is 0 Å². The molecule has 0 aromatic heterocycles. The number of alkyl halides is 3. The minimum absolute atomic E-state index is 0.0671. The van der Waals surface area contributed by atoms with Gasteiger partial charge >= 0.3 is 6.18 Å². The fourth-order valence-corrected chi connectivity index (χ4v) is 4.15. The van der Waals surface area contributed by atoms with E-state index in [0.717, 1.165) is 12.1 Å². The summed E-state index contributed by atoms with van der Waals surface area (Å²) in [5, 5.41) is 11.3. The molecule has 0 saturated carbocycles. The first-order valence-corrected chi connectivity index (χ1v) is 9.76. The molecular formula is C19H23F3N4O4. The number of carbonyl (C=O) groups is 2. The fourth-order valence-electron chi connectivity index (χ4n) is 4.15. The summed E-state index contributed by atoms with van der Waals surface area (Å²) in [6, 6.07) is 2.49. The second-order valence-electron chi connectivity index (χ2n) is 7.75. The number of anilines is 1. The summed E-state index contributed by atoms with van der Waals surface area (Å²) in [7, 11) is 0. The van der Waals surface area contributed by atoms with E-state index in [0.29, 0.717) is 57.9 Å². The van der Waals surface area contributed by atoms with Gasteiger partial charge in [0, 0.05) is 38.2 Å². The number of carbonyl (C=O) groups excluding carboxylic acids is 2. The number of amides is 2. The van der Waals surface area contributed by atoms with Gasteiger partial charge in [-0.3, -0.25) is 19.7 Å². The molecule has 0 aliphatic carbocycles. The molecule has 30 heavy (non-hydrogen) atoms. The van der Waals surface area contributed by atoms with Crippen LogP contribution in [-0.2, 0) is 15.8 Å². The minimum Gasteiger partial charge on any atom is -0.369 e. The number of hydrogen-bond acceptors (Lipinski definition) is 5. The Labute approximate surface area is 170 Å². The van der Waals surface area contributed by atoms with Crippen molar-refractivity contribution in [3.8, 4) is 0 Å². The van der Waals surface area contributed by atoms with Crippen molar-refractivity contribution in [3.05, 3.63) is 33.9 Å². The molecule has 2 N–H and O–H groups in total. The Morgan fingerprint density at radius 2 is 1.77 bits per heavy atom. The van der Waals surface area contributed by atoms with Gasteiger partial charge in [-0.15, -0.1) is 0 Å². The first kappa shape index (κ1) is 21.8. The molecule has 1 aromatic carbocycles. The van der Waals surface area contributed by atoms with Gasteiger partial charge in [-0.05, 0) is 37.8 Å². The van der Waals surface area contributed by atoms with Crippen LogP contribution in [0, 0.1) is 22.0 Å². The standard InChI is InChI=1S/C19H23F3N4O4/c20-19(21,22)14-3-4-15(16(10-14)26(29)30)24-8-5-12(6-9-24)18(28)25-7-1-2-13(11-25)17(23)27/h3-4,10,12-13H,1-2,5-9,11H2,(H2,23,27)/t13-/m0/s1. The zero-order chi connectivity index (χ0) is 22.1. The van der Waals surface area contributed by atoms with Crippen LogP contribution in [0.3, 0.4) is 0 Å². The zero-order valence-corrected chi connectivity index (χ0v) is 16.2. The maximum Gasteiger partial charge on any atom is 0.416 e. The van der Waals surface area contributed by atoms with E-state index in [9.17, 15) is 32.9 Å². The number of nitro benzene ring substituents is 1. The highest BCUT2D eigenvalue weighted by Crippen LogP contribution is 2.38. The van der Waals surface area contributed by atoms with Crippen LogP contribution in [0.5, 0.6) is 0 Å². The molecule has 0 spiro atoms. The van der Waals surface area contributed by atoms with Crippen LogP contribution < -0.4 is 10.6 Å². The summed E-state index contributed by atoms with van der Waals surface area (Å²) in [6.07, 6.45) is -2.45. The number of primary amides is 1. The lowest BCUT2D eigenvalue weighted by Gasteiger charge is -2.37. The predicted molar refractivity (Wildman–Crippen MR) is 102 cm³/mol. The van der Waals surface area contributed by atoms with Crippen LogP contribution in [0.2, 0.25) is 0 Å². The Balaban J connectivity index is 1.67. The van der Waals surface area contributed by atoms with Crippen molar-refractivity contribution in [2.45, 2.75) is 31.9 Å². The number of halogens is 3. The summed E-state index contributed by atoms with van der Waals surface area (Å²) in [6.45, 7) is 1.50. The summed E-state index contributed by atoms with van der Waals surface area (Å²) in [5.74, 6) is -1.13.